The van der Waals surface area contributed by atoms with Crippen LogP contribution in [0.5, 0.6) is 0 Å². The number of hydrogen-bond acceptors (Lipinski definition) is 3. The van der Waals surface area contributed by atoms with E-state index < -0.39 is 0 Å². The maximum absolute atomic E-state index is 4.27. The molecule has 2 aromatic rings. The average molecular weight is 284 g/mol. The van der Waals surface area contributed by atoms with Gasteiger partial charge in [-0.15, -0.1) is 0 Å². The van der Waals surface area contributed by atoms with Crippen LogP contribution in [0, 0.1) is 0 Å². The first-order valence-corrected chi connectivity index (χ1v) is 7.77. The first-order valence-electron chi connectivity index (χ1n) is 7.77. The van der Waals surface area contributed by atoms with E-state index in [9.17, 15) is 0 Å². The molecule has 2 heterocycles. The lowest BCUT2D eigenvalue weighted by molar-refractivity contribution is 0.259. The number of aromatic nitrogens is 2. The fourth-order valence-electron chi connectivity index (χ4n) is 3.07. The zero-order chi connectivity index (χ0) is 14.5. The first kappa shape index (κ1) is 14.3. The van der Waals surface area contributed by atoms with Crippen LogP contribution >= 0.6 is 0 Å². The van der Waals surface area contributed by atoms with E-state index in [0.29, 0.717) is 6.04 Å². The van der Waals surface area contributed by atoms with E-state index in [2.05, 4.69) is 51.8 Å². The highest BCUT2D eigenvalue weighted by atomic mass is 15.2. The van der Waals surface area contributed by atoms with Crippen molar-refractivity contribution in [2.45, 2.75) is 25.4 Å². The molecule has 1 fully saturated rings. The molecule has 1 atom stereocenters. The van der Waals surface area contributed by atoms with Crippen molar-refractivity contribution in [2.75, 3.05) is 19.6 Å². The Bertz CT molecular complexity index is 549. The monoisotopic (exact) mass is 284 g/mol. The zero-order valence-corrected chi connectivity index (χ0v) is 12.7. The summed E-state index contributed by atoms with van der Waals surface area (Å²) in [5.74, 6) is 0. The maximum atomic E-state index is 4.27. The first-order chi connectivity index (χ1) is 10.3. The van der Waals surface area contributed by atoms with Crippen LogP contribution < -0.4 is 5.32 Å². The van der Waals surface area contributed by atoms with Gasteiger partial charge in [0.2, 0.25) is 0 Å². The Hall–Kier alpha value is -1.65. The third kappa shape index (κ3) is 4.16. The Morgan fingerprint density at radius 2 is 2.10 bits per heavy atom. The predicted molar refractivity (Wildman–Crippen MR) is 85.0 cm³/mol. The Morgan fingerprint density at radius 1 is 1.24 bits per heavy atom. The highest BCUT2D eigenvalue weighted by molar-refractivity contribution is 5.16. The van der Waals surface area contributed by atoms with Crippen molar-refractivity contribution in [1.29, 1.82) is 0 Å². The molecule has 3 rings (SSSR count). The number of nitrogens with zero attached hydrogens (tertiary/aromatic N) is 3. The van der Waals surface area contributed by atoms with Gasteiger partial charge in [-0.05, 0) is 31.5 Å². The number of hydrogen-bond donors (Lipinski definition) is 1. The Kier molecular flexibility index (Phi) is 4.68. The van der Waals surface area contributed by atoms with Gasteiger partial charge in [-0.3, -0.25) is 9.58 Å². The van der Waals surface area contributed by atoms with E-state index in [1.165, 1.54) is 17.5 Å². The number of benzene rings is 1. The second kappa shape index (κ2) is 6.87. The maximum Gasteiger partial charge on any atom is 0.0534 e. The van der Waals surface area contributed by atoms with Crippen molar-refractivity contribution in [2.24, 2.45) is 7.05 Å². The minimum absolute atomic E-state index is 0.534. The lowest BCUT2D eigenvalue weighted by Gasteiger charge is -2.24. The summed E-state index contributed by atoms with van der Waals surface area (Å²) in [6.07, 6.45) is 6.41. The van der Waals surface area contributed by atoms with E-state index >= 15 is 0 Å². The van der Waals surface area contributed by atoms with Crippen LogP contribution in [0.4, 0.5) is 0 Å². The van der Waals surface area contributed by atoms with Crippen LogP contribution in [0.15, 0.2) is 42.7 Å². The fourth-order valence-corrected chi connectivity index (χ4v) is 3.07. The van der Waals surface area contributed by atoms with Crippen molar-refractivity contribution < 1.29 is 0 Å². The van der Waals surface area contributed by atoms with Crippen molar-refractivity contribution in [3.8, 4) is 0 Å². The zero-order valence-electron chi connectivity index (χ0n) is 12.7. The van der Waals surface area contributed by atoms with Gasteiger partial charge in [-0.2, -0.15) is 5.10 Å². The average Bonchev–Trinajstić information content (AvgIpc) is 2.76. The predicted octanol–water partition coefficient (Wildman–Crippen LogP) is 1.83. The largest absolute Gasteiger partial charge is 0.312 e. The molecule has 1 aromatic heterocycles. The summed E-state index contributed by atoms with van der Waals surface area (Å²) in [7, 11) is 1.98. The molecule has 1 unspecified atom stereocenters. The molecule has 0 saturated carbocycles. The molecule has 1 N–H and O–H groups in total. The molecule has 4 nitrogen and oxygen atoms in total. The Balaban J connectivity index is 1.60. The number of rotatable bonds is 4. The summed E-state index contributed by atoms with van der Waals surface area (Å²) >= 11 is 0. The van der Waals surface area contributed by atoms with Crippen molar-refractivity contribution >= 4 is 0 Å². The van der Waals surface area contributed by atoms with Crippen molar-refractivity contribution in [3.63, 3.8) is 0 Å². The molecule has 112 valence electrons. The molecular formula is C17H24N4. The van der Waals surface area contributed by atoms with Gasteiger partial charge in [0.05, 0.1) is 6.20 Å². The van der Waals surface area contributed by atoms with Crippen LogP contribution in [0.1, 0.15) is 17.5 Å². The fraction of sp³-hybridized carbons (Fsp3) is 0.471. The van der Waals surface area contributed by atoms with Crippen LogP contribution in [0.2, 0.25) is 0 Å². The van der Waals surface area contributed by atoms with E-state index in [-0.39, 0.29) is 0 Å². The van der Waals surface area contributed by atoms with E-state index in [0.717, 1.165) is 32.6 Å². The van der Waals surface area contributed by atoms with Gasteiger partial charge in [-0.25, -0.2) is 0 Å². The standard InChI is InChI=1S/C17H24N4/c1-20-12-16(11-19-20)13-21-9-5-8-18-17(14-21)10-15-6-3-2-4-7-15/h2-4,6-7,11-12,17-18H,5,8-10,13-14H2,1H3. The van der Waals surface area contributed by atoms with Crippen LogP contribution in [0.25, 0.3) is 0 Å². The normalized spacial score (nSPS) is 20.3. The SMILES string of the molecule is Cn1cc(CN2CCCNC(Cc3ccccc3)C2)cn1. The molecule has 21 heavy (non-hydrogen) atoms. The summed E-state index contributed by atoms with van der Waals surface area (Å²) in [6, 6.07) is 11.3. The Labute approximate surface area is 126 Å². The number of aryl methyl sites for hydroxylation is 1. The van der Waals surface area contributed by atoms with Crippen molar-refractivity contribution in [1.82, 2.24) is 20.0 Å². The van der Waals surface area contributed by atoms with Gasteiger partial charge in [-0.1, -0.05) is 30.3 Å². The number of nitrogens with one attached hydrogen (secondary N) is 1. The molecule has 0 bridgehead atoms. The minimum atomic E-state index is 0.534. The molecule has 1 aliphatic heterocycles. The van der Waals surface area contributed by atoms with Gasteiger partial charge in [0.15, 0.2) is 0 Å². The highest BCUT2D eigenvalue weighted by Crippen LogP contribution is 2.11. The second-order valence-corrected chi connectivity index (χ2v) is 5.95. The lowest BCUT2D eigenvalue weighted by atomic mass is 10.1. The quantitative estimate of drug-likeness (QED) is 0.930. The summed E-state index contributed by atoms with van der Waals surface area (Å²) in [6.45, 7) is 4.37. The van der Waals surface area contributed by atoms with Gasteiger partial charge in [0, 0.05) is 37.9 Å². The van der Waals surface area contributed by atoms with Gasteiger partial charge < -0.3 is 5.32 Å². The van der Waals surface area contributed by atoms with E-state index in [1.54, 1.807) is 0 Å². The molecule has 1 saturated heterocycles. The van der Waals surface area contributed by atoms with E-state index in [4.69, 9.17) is 0 Å². The minimum Gasteiger partial charge on any atom is -0.312 e. The van der Waals surface area contributed by atoms with Gasteiger partial charge in [0.25, 0.3) is 0 Å². The molecule has 0 spiro atoms. The smallest absolute Gasteiger partial charge is 0.0534 e. The van der Waals surface area contributed by atoms with Crippen molar-refractivity contribution in [3.05, 3.63) is 53.9 Å². The molecule has 0 radical (unpaired) electrons. The second-order valence-electron chi connectivity index (χ2n) is 5.95. The molecule has 4 heteroatoms. The van der Waals surface area contributed by atoms with Crippen LogP contribution in [-0.2, 0) is 20.0 Å². The molecule has 0 amide bonds. The van der Waals surface area contributed by atoms with Gasteiger partial charge in [0.1, 0.15) is 0 Å². The lowest BCUT2D eigenvalue weighted by Crippen LogP contribution is -2.38. The summed E-state index contributed by atoms with van der Waals surface area (Å²) in [4.78, 5) is 2.55. The molecule has 0 aliphatic carbocycles. The van der Waals surface area contributed by atoms with E-state index in [1.807, 2.05) is 17.9 Å². The molecular weight excluding hydrogens is 260 g/mol. The highest BCUT2D eigenvalue weighted by Gasteiger charge is 2.18. The third-order valence-electron chi connectivity index (χ3n) is 4.05. The summed E-state index contributed by atoms with van der Waals surface area (Å²) < 4.78 is 1.88. The summed E-state index contributed by atoms with van der Waals surface area (Å²) in [5, 5.41) is 7.96. The Morgan fingerprint density at radius 3 is 2.86 bits per heavy atom. The van der Waals surface area contributed by atoms with Crippen LogP contribution in [-0.4, -0.2) is 40.4 Å². The summed E-state index contributed by atoms with van der Waals surface area (Å²) in [5.41, 5.74) is 2.72. The topological polar surface area (TPSA) is 33.1 Å². The molecule has 1 aromatic carbocycles. The van der Waals surface area contributed by atoms with Gasteiger partial charge >= 0.3 is 0 Å². The molecule has 1 aliphatic rings. The third-order valence-corrected chi connectivity index (χ3v) is 4.05. The van der Waals surface area contributed by atoms with Crippen LogP contribution in [0.3, 0.4) is 0 Å².